The number of nitro benzene ring substituents is 1. The van der Waals surface area contributed by atoms with Crippen molar-refractivity contribution in [3.05, 3.63) is 106 Å². The predicted molar refractivity (Wildman–Crippen MR) is 185 cm³/mol. The van der Waals surface area contributed by atoms with E-state index in [9.17, 15) is 23.6 Å². The molecule has 0 amide bonds. The summed E-state index contributed by atoms with van der Waals surface area (Å²) in [6.07, 6.45) is 2.30. The maximum Gasteiger partial charge on any atom is 0.289 e. The molecule has 3 aromatic rings. The van der Waals surface area contributed by atoms with Crippen molar-refractivity contribution in [1.82, 2.24) is 3.97 Å². The summed E-state index contributed by atoms with van der Waals surface area (Å²) in [5, 5.41) is 23.2. The third-order valence-electron chi connectivity index (χ3n) is 8.75. The van der Waals surface area contributed by atoms with Gasteiger partial charge in [-0.1, -0.05) is 84.0 Å². The molecule has 1 atom stereocenters. The van der Waals surface area contributed by atoms with Crippen LogP contribution in [0.2, 0.25) is 16.6 Å². The van der Waals surface area contributed by atoms with Crippen LogP contribution in [0, 0.1) is 10.1 Å². The number of para-hydroxylation sites is 1. The predicted octanol–water partition coefficient (Wildman–Crippen LogP) is 8.39. The molecule has 1 unspecified atom stereocenters. The quantitative estimate of drug-likeness (QED) is 0.0474. The van der Waals surface area contributed by atoms with Crippen LogP contribution in [0.25, 0.3) is 0 Å². The summed E-state index contributed by atoms with van der Waals surface area (Å²) in [5.74, 6) is 0.606. The Morgan fingerprint density at radius 1 is 0.935 bits per heavy atom. The van der Waals surface area contributed by atoms with E-state index < -0.39 is 35.1 Å². The van der Waals surface area contributed by atoms with Crippen molar-refractivity contribution in [3.8, 4) is 0 Å². The average molecular weight is 671 g/mol. The zero-order valence-electron chi connectivity index (χ0n) is 28.2. The van der Waals surface area contributed by atoms with Crippen molar-refractivity contribution in [2.75, 3.05) is 6.61 Å². The number of hydrogen-bond acceptors (Lipinski definition) is 7. The molecule has 0 bridgehead atoms. The Hall–Kier alpha value is -3.25. The van der Waals surface area contributed by atoms with Gasteiger partial charge in [-0.2, -0.15) is 0 Å². The Kier molecular flexibility index (Phi) is 13.4. The van der Waals surface area contributed by atoms with Crippen LogP contribution in [-0.2, 0) is 32.2 Å². The molecule has 9 nitrogen and oxygen atoms in total. The Morgan fingerprint density at radius 3 is 2.15 bits per heavy atom. The topological polar surface area (TPSA) is 121 Å². The van der Waals surface area contributed by atoms with E-state index in [0.717, 1.165) is 15.1 Å². The fourth-order valence-electron chi connectivity index (χ4n) is 6.47. The number of aliphatic hydroxyl groups is 1. The van der Waals surface area contributed by atoms with E-state index in [1.165, 1.54) is 30.5 Å². The van der Waals surface area contributed by atoms with Crippen LogP contribution in [0.4, 0.5) is 5.69 Å². The first-order valence-electron chi connectivity index (χ1n) is 16.1. The van der Waals surface area contributed by atoms with Gasteiger partial charge in [0, 0.05) is 18.0 Å². The molecule has 0 radical (unpaired) electrons. The standard InChI is InChI=1S/C35H50N2O7SSi/c1-26(2)46(27(3)4,28(5)6)44-35(29(7)22-24-43-25-30-15-9-8-10-16-30)33(38)20-13-17-31-18-14-23-36(31)45(41,42)34-21-12-11-19-32(34)37(39)40/h8-12,14-16,18-19,21,23,26-28,33,38H,13,17,20,22,24-25H2,1-7H3/b35-29-. The van der Waals surface area contributed by atoms with Crippen LogP contribution in [0.15, 0.2) is 89.2 Å². The van der Waals surface area contributed by atoms with E-state index in [4.69, 9.17) is 9.16 Å². The van der Waals surface area contributed by atoms with Crippen molar-refractivity contribution in [1.29, 1.82) is 0 Å². The summed E-state index contributed by atoms with van der Waals surface area (Å²) in [6.45, 7) is 16.2. The van der Waals surface area contributed by atoms with E-state index in [1.54, 1.807) is 12.1 Å². The fourth-order valence-corrected chi connectivity index (χ4v) is 13.4. The van der Waals surface area contributed by atoms with Gasteiger partial charge >= 0.3 is 0 Å². The van der Waals surface area contributed by atoms with Gasteiger partial charge in [0.05, 0.1) is 18.1 Å². The minimum absolute atomic E-state index is 0.312. The van der Waals surface area contributed by atoms with Crippen LogP contribution in [0.3, 0.4) is 0 Å². The molecule has 1 N–H and O–H groups in total. The molecule has 11 heteroatoms. The molecule has 1 heterocycles. The number of nitrogens with zero attached hydrogens (tertiary/aromatic N) is 2. The molecule has 46 heavy (non-hydrogen) atoms. The highest BCUT2D eigenvalue weighted by Gasteiger charge is 2.48. The lowest BCUT2D eigenvalue weighted by Crippen LogP contribution is -2.48. The van der Waals surface area contributed by atoms with Crippen molar-refractivity contribution < 1.29 is 27.6 Å². The number of benzene rings is 2. The molecule has 0 saturated carbocycles. The van der Waals surface area contributed by atoms with E-state index in [2.05, 4.69) is 41.5 Å². The summed E-state index contributed by atoms with van der Waals surface area (Å²) >= 11 is 0. The normalized spacial score (nSPS) is 13.7. The highest BCUT2D eigenvalue weighted by Crippen LogP contribution is 2.44. The van der Waals surface area contributed by atoms with Gasteiger partial charge in [0.15, 0.2) is 4.90 Å². The van der Waals surface area contributed by atoms with E-state index >= 15 is 0 Å². The molecule has 0 aliphatic rings. The van der Waals surface area contributed by atoms with Crippen LogP contribution in [-0.4, -0.2) is 43.4 Å². The second-order valence-electron chi connectivity index (χ2n) is 12.8. The second-order valence-corrected chi connectivity index (χ2v) is 19.9. The lowest BCUT2D eigenvalue weighted by Gasteiger charge is -2.44. The number of rotatable bonds is 18. The molecule has 0 aliphatic carbocycles. The molecule has 0 saturated heterocycles. The van der Waals surface area contributed by atoms with Crippen molar-refractivity contribution >= 4 is 24.0 Å². The SMILES string of the molecule is C/C(CCOCc1ccccc1)=C(/O[Si](C(C)C)(C(C)C)C(C)C)C(O)CCCc1cccn1S(=O)(=O)c1ccccc1[N+](=O)[O-]. The van der Waals surface area contributed by atoms with E-state index in [0.29, 0.717) is 67.0 Å². The van der Waals surface area contributed by atoms with Crippen molar-refractivity contribution in [3.63, 3.8) is 0 Å². The molecule has 1 aromatic heterocycles. The lowest BCUT2D eigenvalue weighted by atomic mass is 10.0. The maximum atomic E-state index is 13.5. The van der Waals surface area contributed by atoms with Gasteiger partial charge in [-0.15, -0.1) is 0 Å². The molecule has 2 aromatic carbocycles. The highest BCUT2D eigenvalue weighted by molar-refractivity contribution is 7.90. The summed E-state index contributed by atoms with van der Waals surface area (Å²) in [5.41, 5.74) is 2.99. The average Bonchev–Trinajstić information content (AvgIpc) is 3.49. The summed E-state index contributed by atoms with van der Waals surface area (Å²) in [7, 11) is -6.59. The Labute approximate surface area is 275 Å². The van der Waals surface area contributed by atoms with Gasteiger partial charge in [-0.25, -0.2) is 12.4 Å². The molecule has 0 fully saturated rings. The molecular formula is C35H50N2O7SSi. The van der Waals surface area contributed by atoms with Gasteiger partial charge in [0.2, 0.25) is 0 Å². The Bertz CT molecular complexity index is 1540. The van der Waals surface area contributed by atoms with Gasteiger partial charge in [-0.3, -0.25) is 10.1 Å². The van der Waals surface area contributed by atoms with Crippen molar-refractivity contribution in [2.24, 2.45) is 0 Å². The number of aryl methyl sites for hydroxylation is 1. The minimum atomic E-state index is -4.20. The Morgan fingerprint density at radius 2 is 1.54 bits per heavy atom. The fraction of sp³-hybridized carbons (Fsp3) is 0.486. The number of nitro groups is 1. The molecule has 0 aliphatic heterocycles. The number of hydrogen-bond donors (Lipinski definition) is 1. The van der Waals surface area contributed by atoms with Crippen molar-refractivity contribution in [2.45, 2.75) is 108 Å². The number of aliphatic hydroxyl groups excluding tert-OH is 1. The number of ether oxygens (including phenoxy) is 1. The van der Waals surface area contributed by atoms with Gasteiger partial charge in [0.25, 0.3) is 24.0 Å². The minimum Gasteiger partial charge on any atom is -0.544 e. The highest BCUT2D eigenvalue weighted by atomic mass is 32.2. The zero-order valence-corrected chi connectivity index (χ0v) is 30.0. The molecule has 252 valence electrons. The maximum absolute atomic E-state index is 13.5. The summed E-state index contributed by atoms with van der Waals surface area (Å²) in [4.78, 5) is 10.5. The lowest BCUT2D eigenvalue weighted by molar-refractivity contribution is -0.387. The largest absolute Gasteiger partial charge is 0.544 e. The van der Waals surface area contributed by atoms with Gasteiger partial charge in [-0.05, 0) is 78.6 Å². The first-order chi connectivity index (χ1) is 21.7. The third kappa shape index (κ3) is 8.76. The van der Waals surface area contributed by atoms with Gasteiger partial charge in [0.1, 0.15) is 11.9 Å². The first-order valence-corrected chi connectivity index (χ1v) is 19.6. The monoisotopic (exact) mass is 670 g/mol. The second kappa shape index (κ2) is 16.5. The van der Waals surface area contributed by atoms with Crippen LogP contribution >= 0.6 is 0 Å². The first kappa shape index (κ1) is 37.2. The third-order valence-corrected chi connectivity index (χ3v) is 16.5. The van der Waals surface area contributed by atoms with Gasteiger partial charge < -0.3 is 14.3 Å². The van der Waals surface area contributed by atoms with Crippen LogP contribution in [0.5, 0.6) is 0 Å². The number of aromatic nitrogens is 1. The molecular weight excluding hydrogens is 621 g/mol. The summed E-state index contributed by atoms with van der Waals surface area (Å²) in [6, 6.07) is 18.6. The summed E-state index contributed by atoms with van der Waals surface area (Å²) < 4.78 is 41.1. The van der Waals surface area contributed by atoms with E-state index in [-0.39, 0.29) is 4.90 Å². The Balaban J connectivity index is 1.81. The van der Waals surface area contributed by atoms with Crippen LogP contribution in [0.1, 0.15) is 79.0 Å². The molecule has 0 spiro atoms. The van der Waals surface area contributed by atoms with E-state index in [1.807, 2.05) is 37.3 Å². The molecule has 3 rings (SSSR count). The zero-order chi connectivity index (χ0) is 34.1. The smallest absolute Gasteiger partial charge is 0.289 e. The van der Waals surface area contributed by atoms with Crippen LogP contribution < -0.4 is 0 Å².